The van der Waals surface area contributed by atoms with Gasteiger partial charge in [-0.25, -0.2) is 0 Å². The summed E-state index contributed by atoms with van der Waals surface area (Å²) in [5.41, 5.74) is 0. The molecule has 0 aliphatic carbocycles. The molecule has 4 N–H and O–H groups in total. The van der Waals surface area contributed by atoms with E-state index < -0.39 is 0 Å². The molecule has 7 nitrogen and oxygen atoms in total. The summed E-state index contributed by atoms with van der Waals surface area (Å²) in [6, 6.07) is 0.970. The van der Waals surface area contributed by atoms with E-state index >= 15 is 0 Å². The summed E-state index contributed by atoms with van der Waals surface area (Å²) >= 11 is 2.01. The second-order valence-electron chi connectivity index (χ2n) is 8.20. The minimum absolute atomic E-state index is 0.0135. The van der Waals surface area contributed by atoms with Crippen molar-refractivity contribution in [3.63, 3.8) is 0 Å². The molecule has 172 valence electrons. The van der Waals surface area contributed by atoms with Crippen LogP contribution in [0.2, 0.25) is 0 Å². The van der Waals surface area contributed by atoms with Crippen LogP contribution in [0.1, 0.15) is 60.1 Å². The van der Waals surface area contributed by atoms with Crippen molar-refractivity contribution in [3.8, 4) is 0 Å². The van der Waals surface area contributed by atoms with Crippen LogP contribution in [0, 0.1) is 0 Å². The lowest BCUT2D eigenvalue weighted by atomic mass is 10.0. The van der Waals surface area contributed by atoms with Crippen molar-refractivity contribution in [2.24, 2.45) is 0 Å². The van der Waals surface area contributed by atoms with Crippen LogP contribution in [-0.2, 0) is 9.59 Å². The summed E-state index contributed by atoms with van der Waals surface area (Å²) in [7, 11) is 0. The van der Waals surface area contributed by atoms with E-state index in [1.165, 1.54) is 0 Å². The Balaban J connectivity index is 1.48. The minimum atomic E-state index is -0.0135. The SMILES string of the molecule is [2H]CCCN(CCCC)CC(=O)NCCNC(=O)CCCC[C@@H]1SC[C@@H]2NC(=C)N[C@@H]21. The predicted octanol–water partition coefficient (Wildman–Crippen LogP) is 1.81. The molecule has 2 heterocycles. The van der Waals surface area contributed by atoms with Crippen LogP contribution in [0.3, 0.4) is 0 Å². The summed E-state index contributed by atoms with van der Waals surface area (Å²) in [5, 5.41) is 13.2. The molecular formula is C22H41N5O2S. The lowest BCUT2D eigenvalue weighted by Gasteiger charge is -2.20. The fourth-order valence-corrected chi connectivity index (χ4v) is 5.55. The van der Waals surface area contributed by atoms with Gasteiger partial charge < -0.3 is 21.3 Å². The van der Waals surface area contributed by atoms with E-state index in [1.54, 1.807) is 0 Å². The maximum Gasteiger partial charge on any atom is 0.234 e. The van der Waals surface area contributed by atoms with Crippen molar-refractivity contribution in [2.75, 3.05) is 38.5 Å². The van der Waals surface area contributed by atoms with Crippen molar-refractivity contribution in [2.45, 2.75) is 76.1 Å². The fraction of sp³-hybridized carbons (Fsp3) is 0.818. The van der Waals surface area contributed by atoms with Gasteiger partial charge >= 0.3 is 0 Å². The van der Waals surface area contributed by atoms with Crippen molar-refractivity contribution in [1.29, 1.82) is 0 Å². The van der Waals surface area contributed by atoms with Crippen molar-refractivity contribution < 1.29 is 11.0 Å². The third kappa shape index (κ3) is 8.76. The van der Waals surface area contributed by atoms with E-state index in [-0.39, 0.29) is 11.8 Å². The molecule has 0 saturated carbocycles. The molecule has 0 bridgehead atoms. The molecule has 30 heavy (non-hydrogen) atoms. The van der Waals surface area contributed by atoms with E-state index in [2.05, 4.69) is 39.7 Å². The topological polar surface area (TPSA) is 85.5 Å². The van der Waals surface area contributed by atoms with Crippen molar-refractivity contribution >= 4 is 23.6 Å². The average molecular weight is 441 g/mol. The zero-order chi connectivity index (χ0) is 22.5. The van der Waals surface area contributed by atoms with Gasteiger partial charge in [0.15, 0.2) is 0 Å². The highest BCUT2D eigenvalue weighted by atomic mass is 32.2. The van der Waals surface area contributed by atoms with Gasteiger partial charge in [-0.05, 0) is 38.8 Å². The molecular weight excluding hydrogens is 398 g/mol. The number of carbonyl (C=O) groups is 2. The predicted molar refractivity (Wildman–Crippen MR) is 125 cm³/mol. The van der Waals surface area contributed by atoms with Crippen molar-refractivity contribution in [3.05, 3.63) is 12.4 Å². The van der Waals surface area contributed by atoms with Crippen LogP contribution in [-0.4, -0.2) is 72.5 Å². The van der Waals surface area contributed by atoms with Crippen LogP contribution in [0.15, 0.2) is 12.4 Å². The van der Waals surface area contributed by atoms with Crippen LogP contribution in [0.25, 0.3) is 0 Å². The number of fused-ring (bicyclic) bond motifs is 1. The van der Waals surface area contributed by atoms with Gasteiger partial charge in [-0.15, -0.1) is 0 Å². The first kappa shape index (κ1) is 23.3. The Bertz CT molecular complexity index is 572. The molecule has 0 unspecified atom stereocenters. The first-order valence-electron chi connectivity index (χ1n) is 12.1. The number of rotatable bonds is 15. The van der Waals surface area contributed by atoms with Crippen molar-refractivity contribution in [1.82, 2.24) is 26.2 Å². The number of amides is 2. The Morgan fingerprint density at radius 3 is 2.73 bits per heavy atom. The Hall–Kier alpha value is -1.41. The molecule has 3 atom stereocenters. The van der Waals surface area contributed by atoms with Crippen LogP contribution < -0.4 is 21.3 Å². The van der Waals surface area contributed by atoms with Gasteiger partial charge in [0, 0.05) is 31.9 Å². The molecule has 0 spiro atoms. The Labute approximate surface area is 188 Å². The third-order valence-corrected chi connectivity index (χ3v) is 7.11. The average Bonchev–Trinajstić information content (AvgIpc) is 3.29. The third-order valence-electron chi connectivity index (χ3n) is 5.61. The number of nitrogens with one attached hydrogen (secondary N) is 4. The number of nitrogens with zero attached hydrogens (tertiary/aromatic N) is 1. The zero-order valence-electron chi connectivity index (χ0n) is 19.5. The standard InChI is InChI=1S/C22H41N5O2S/c1-4-6-14-27(13-5-2)15-21(29)24-12-11-23-20(28)10-8-7-9-19-22-18(16-30-19)25-17(3)26-22/h18-19,22,25-26H,3-16H2,1-2H3,(H,23,28)(H,24,29)/t18-,19-,22-/m0/s1/i2D. The minimum Gasteiger partial charge on any atom is -0.367 e. The molecule has 2 aliphatic rings. The highest BCUT2D eigenvalue weighted by Crippen LogP contribution is 2.34. The fourth-order valence-electron chi connectivity index (χ4n) is 4.01. The first-order chi connectivity index (χ1) is 15.0. The maximum absolute atomic E-state index is 12.1. The lowest BCUT2D eigenvalue weighted by molar-refractivity contribution is -0.123. The molecule has 0 aromatic heterocycles. The zero-order valence-corrected chi connectivity index (χ0v) is 19.3. The number of thioether (sulfide) groups is 1. The number of carbonyl (C=O) groups excluding carboxylic acids is 2. The summed E-state index contributed by atoms with van der Waals surface area (Å²) in [5.74, 6) is 2.10. The van der Waals surface area contributed by atoms with Gasteiger partial charge in [0.05, 0.1) is 24.4 Å². The molecule has 8 heteroatoms. The van der Waals surface area contributed by atoms with E-state index in [0.29, 0.717) is 50.3 Å². The number of unbranched alkanes of at least 4 members (excludes halogenated alkanes) is 2. The van der Waals surface area contributed by atoms with Gasteiger partial charge in [0.25, 0.3) is 0 Å². The van der Waals surface area contributed by atoms with Gasteiger partial charge in [0.2, 0.25) is 11.8 Å². The summed E-state index contributed by atoms with van der Waals surface area (Å²) in [6.07, 6.45) is 6.53. The lowest BCUT2D eigenvalue weighted by Crippen LogP contribution is -2.41. The monoisotopic (exact) mass is 440 g/mol. The second kappa shape index (κ2) is 13.8. The van der Waals surface area contributed by atoms with E-state index in [1.807, 2.05) is 11.8 Å². The van der Waals surface area contributed by atoms with Crippen LogP contribution in [0.4, 0.5) is 0 Å². The quantitative estimate of drug-likeness (QED) is 0.291. The molecule has 0 aromatic rings. The molecule has 0 radical (unpaired) electrons. The summed E-state index contributed by atoms with van der Waals surface area (Å²) < 4.78 is 7.29. The molecule has 2 aliphatic heterocycles. The van der Waals surface area contributed by atoms with Gasteiger partial charge in [-0.1, -0.05) is 33.2 Å². The highest BCUT2D eigenvalue weighted by Gasteiger charge is 2.40. The van der Waals surface area contributed by atoms with E-state index in [4.69, 9.17) is 1.37 Å². The second-order valence-corrected chi connectivity index (χ2v) is 9.47. The van der Waals surface area contributed by atoms with Crippen LogP contribution >= 0.6 is 11.8 Å². The Morgan fingerprint density at radius 2 is 1.97 bits per heavy atom. The maximum atomic E-state index is 12.1. The summed E-state index contributed by atoms with van der Waals surface area (Å²) in [4.78, 5) is 26.3. The van der Waals surface area contributed by atoms with Crippen LogP contribution in [0.5, 0.6) is 0 Å². The summed E-state index contributed by atoms with van der Waals surface area (Å²) in [6.45, 7) is 9.44. The van der Waals surface area contributed by atoms with E-state index in [9.17, 15) is 9.59 Å². The Morgan fingerprint density at radius 1 is 1.17 bits per heavy atom. The molecule has 2 fully saturated rings. The highest BCUT2D eigenvalue weighted by molar-refractivity contribution is 8.00. The molecule has 2 rings (SSSR count). The normalized spacial score (nSPS) is 22.9. The van der Waals surface area contributed by atoms with Gasteiger partial charge in [-0.2, -0.15) is 11.8 Å². The molecule has 2 amide bonds. The number of hydrogen-bond acceptors (Lipinski definition) is 6. The smallest absolute Gasteiger partial charge is 0.234 e. The van der Waals surface area contributed by atoms with Gasteiger partial charge in [0.1, 0.15) is 0 Å². The number of hydrogen-bond donors (Lipinski definition) is 4. The Kier molecular flexibility index (Phi) is 10.7. The van der Waals surface area contributed by atoms with E-state index in [0.717, 1.165) is 63.2 Å². The first-order valence-corrected chi connectivity index (χ1v) is 12.5. The molecule has 0 aromatic carbocycles. The molecule has 2 saturated heterocycles. The van der Waals surface area contributed by atoms with Gasteiger partial charge in [-0.3, -0.25) is 14.5 Å². The largest absolute Gasteiger partial charge is 0.367 e.